The van der Waals surface area contributed by atoms with Crippen molar-refractivity contribution in [2.24, 2.45) is 0 Å². The summed E-state index contributed by atoms with van der Waals surface area (Å²) >= 11 is 0. The second-order valence-corrected chi connectivity index (χ2v) is 9.57. The lowest BCUT2D eigenvalue weighted by atomic mass is 9.90. The van der Waals surface area contributed by atoms with E-state index in [9.17, 15) is 0 Å². The van der Waals surface area contributed by atoms with Crippen molar-refractivity contribution < 1.29 is 14.2 Å². The highest BCUT2D eigenvalue weighted by Gasteiger charge is 2.36. The number of nitrogens with zero attached hydrogens (tertiary/aromatic N) is 1. The van der Waals surface area contributed by atoms with Gasteiger partial charge in [0.25, 0.3) is 0 Å². The topological polar surface area (TPSA) is 30.9 Å². The summed E-state index contributed by atoms with van der Waals surface area (Å²) in [5.74, 6) is 0. The molecule has 1 aliphatic heterocycles. The zero-order chi connectivity index (χ0) is 18.0. The molecule has 0 aromatic rings. The summed E-state index contributed by atoms with van der Waals surface area (Å²) < 4.78 is 18.2. The molecule has 1 saturated heterocycles. The van der Waals surface area contributed by atoms with Crippen LogP contribution in [0.25, 0.3) is 0 Å². The van der Waals surface area contributed by atoms with Crippen molar-refractivity contribution in [2.45, 2.75) is 110 Å². The van der Waals surface area contributed by atoms with Crippen LogP contribution in [0.4, 0.5) is 0 Å². The molecule has 0 unspecified atom stereocenters. The van der Waals surface area contributed by atoms with Crippen LogP contribution in [0.1, 0.15) is 74.1 Å². The van der Waals surface area contributed by atoms with Gasteiger partial charge in [-0.2, -0.15) is 0 Å². The lowest BCUT2D eigenvalue weighted by molar-refractivity contribution is -0.170. The Morgan fingerprint density at radius 1 is 0.875 bits per heavy atom. The zero-order valence-corrected chi connectivity index (χ0v) is 16.9. The first-order valence-electron chi connectivity index (χ1n) is 9.73. The van der Waals surface area contributed by atoms with Crippen molar-refractivity contribution in [2.75, 3.05) is 19.7 Å². The minimum absolute atomic E-state index is 0.0371. The third-order valence-corrected chi connectivity index (χ3v) is 4.84. The Kier molecular flexibility index (Phi) is 6.74. The van der Waals surface area contributed by atoms with Gasteiger partial charge in [-0.3, -0.25) is 4.90 Å². The molecular formula is C20H39NO3. The Labute approximate surface area is 149 Å². The van der Waals surface area contributed by atoms with E-state index in [0.29, 0.717) is 24.4 Å². The summed E-state index contributed by atoms with van der Waals surface area (Å²) in [6.45, 7) is 18.0. The third kappa shape index (κ3) is 6.99. The van der Waals surface area contributed by atoms with E-state index in [4.69, 9.17) is 14.2 Å². The van der Waals surface area contributed by atoms with Crippen LogP contribution in [0.2, 0.25) is 0 Å². The van der Waals surface area contributed by atoms with E-state index in [1.165, 1.54) is 0 Å². The van der Waals surface area contributed by atoms with Crippen LogP contribution in [0.3, 0.4) is 0 Å². The summed E-state index contributed by atoms with van der Waals surface area (Å²) in [5, 5.41) is 0. The molecule has 0 amide bonds. The zero-order valence-electron chi connectivity index (χ0n) is 16.9. The molecule has 0 aromatic heterocycles. The summed E-state index contributed by atoms with van der Waals surface area (Å²) in [6.07, 6.45) is 5.61. The number of ether oxygens (including phenoxy) is 3. The summed E-state index contributed by atoms with van der Waals surface area (Å²) in [5.41, 5.74) is -0.0782. The molecule has 1 saturated carbocycles. The predicted octanol–water partition coefficient (Wildman–Crippen LogP) is 4.02. The van der Waals surface area contributed by atoms with E-state index in [2.05, 4.69) is 53.4 Å². The first-order valence-corrected chi connectivity index (χ1v) is 9.73. The van der Waals surface area contributed by atoms with Crippen molar-refractivity contribution >= 4 is 0 Å². The molecule has 0 bridgehead atoms. The Morgan fingerprint density at radius 2 is 1.54 bits per heavy atom. The van der Waals surface area contributed by atoms with Crippen molar-refractivity contribution in [3.8, 4) is 0 Å². The van der Waals surface area contributed by atoms with E-state index in [1.807, 2.05) is 0 Å². The van der Waals surface area contributed by atoms with E-state index < -0.39 is 0 Å². The molecule has 2 rings (SSSR count). The highest BCUT2D eigenvalue weighted by atomic mass is 16.5. The number of likely N-dealkylation sites (tertiary alicyclic amines) is 1. The second kappa shape index (κ2) is 8.03. The van der Waals surface area contributed by atoms with E-state index in [1.54, 1.807) is 0 Å². The first-order chi connectivity index (χ1) is 11.0. The van der Waals surface area contributed by atoms with Crippen LogP contribution in [-0.2, 0) is 14.2 Å². The van der Waals surface area contributed by atoms with E-state index >= 15 is 0 Å². The monoisotopic (exact) mass is 341 g/mol. The minimum Gasteiger partial charge on any atom is -0.375 e. The number of hydrogen-bond acceptors (Lipinski definition) is 4. The molecule has 0 N–H and O–H groups in total. The molecule has 2 fully saturated rings. The van der Waals surface area contributed by atoms with Gasteiger partial charge in [0.15, 0.2) is 0 Å². The summed E-state index contributed by atoms with van der Waals surface area (Å²) in [6, 6.07) is 0.578. The number of piperidine rings is 1. The highest BCUT2D eigenvalue weighted by Crippen LogP contribution is 2.32. The molecule has 4 nitrogen and oxygen atoms in total. The van der Waals surface area contributed by atoms with Gasteiger partial charge in [-0.25, -0.2) is 0 Å². The molecule has 4 heteroatoms. The van der Waals surface area contributed by atoms with Gasteiger partial charge < -0.3 is 14.2 Å². The van der Waals surface area contributed by atoms with Crippen molar-refractivity contribution in [1.29, 1.82) is 0 Å². The number of rotatable bonds is 6. The predicted molar refractivity (Wildman–Crippen MR) is 98.5 cm³/mol. The van der Waals surface area contributed by atoms with Gasteiger partial charge in [0, 0.05) is 19.1 Å². The molecule has 1 heterocycles. The Morgan fingerprint density at radius 3 is 2.08 bits per heavy atom. The second-order valence-electron chi connectivity index (χ2n) is 9.57. The normalized spacial score (nSPS) is 32.6. The van der Waals surface area contributed by atoms with Crippen molar-refractivity contribution in [3.63, 3.8) is 0 Å². The first kappa shape index (κ1) is 20.2. The fourth-order valence-corrected chi connectivity index (χ4v) is 3.60. The molecule has 2 atom stereocenters. The van der Waals surface area contributed by atoms with E-state index in [-0.39, 0.29) is 11.2 Å². The van der Waals surface area contributed by atoms with Gasteiger partial charge in [-0.15, -0.1) is 0 Å². The third-order valence-electron chi connectivity index (χ3n) is 4.84. The molecule has 0 spiro atoms. The Balaban J connectivity index is 1.62. The van der Waals surface area contributed by atoms with Crippen LogP contribution in [0.5, 0.6) is 0 Å². The van der Waals surface area contributed by atoms with Gasteiger partial charge >= 0.3 is 0 Å². The average Bonchev–Trinajstić information content (AvgIpc) is 2.36. The van der Waals surface area contributed by atoms with Crippen LogP contribution < -0.4 is 0 Å². The van der Waals surface area contributed by atoms with Crippen LogP contribution in [-0.4, -0.2) is 60.2 Å². The maximum atomic E-state index is 6.31. The maximum absolute atomic E-state index is 6.31. The maximum Gasteiger partial charge on any atom is 0.0631 e. The lowest BCUT2D eigenvalue weighted by Crippen LogP contribution is -2.48. The quantitative estimate of drug-likeness (QED) is 0.730. The van der Waals surface area contributed by atoms with E-state index in [0.717, 1.165) is 45.4 Å². The number of hydrogen-bond donors (Lipinski definition) is 0. The standard InChI is InChI=1S/C20H39NO3/c1-15-12-16(8-9-21(15)10-11-22-19(2,3)4)23-17-13-18(14-17)24-20(5,6)7/h15-18H,8-14H2,1-7H3/t15-,16-,17?,18?/m0/s1. The average molecular weight is 342 g/mol. The summed E-state index contributed by atoms with van der Waals surface area (Å²) in [4.78, 5) is 2.54. The van der Waals surface area contributed by atoms with Gasteiger partial charge in [0.2, 0.25) is 0 Å². The molecule has 0 aromatic carbocycles. The molecular weight excluding hydrogens is 302 g/mol. The Bertz CT molecular complexity index is 379. The fourth-order valence-electron chi connectivity index (χ4n) is 3.60. The largest absolute Gasteiger partial charge is 0.375 e. The Hall–Kier alpha value is -0.160. The van der Waals surface area contributed by atoms with Gasteiger partial charge in [-0.1, -0.05) is 0 Å². The highest BCUT2D eigenvalue weighted by molar-refractivity contribution is 4.86. The molecule has 1 aliphatic carbocycles. The molecule has 142 valence electrons. The van der Waals surface area contributed by atoms with Crippen molar-refractivity contribution in [1.82, 2.24) is 4.90 Å². The lowest BCUT2D eigenvalue weighted by Gasteiger charge is -2.43. The minimum atomic E-state index is -0.0411. The molecule has 0 radical (unpaired) electrons. The SMILES string of the molecule is C[C@H]1C[C@@H](OC2CC(OC(C)(C)C)C2)CCN1CCOC(C)(C)C. The van der Waals surface area contributed by atoms with Crippen LogP contribution in [0.15, 0.2) is 0 Å². The van der Waals surface area contributed by atoms with Gasteiger partial charge in [-0.05, 0) is 74.1 Å². The van der Waals surface area contributed by atoms with Crippen LogP contribution in [0, 0.1) is 0 Å². The summed E-state index contributed by atoms with van der Waals surface area (Å²) in [7, 11) is 0. The molecule has 24 heavy (non-hydrogen) atoms. The van der Waals surface area contributed by atoms with Gasteiger partial charge in [0.1, 0.15) is 0 Å². The van der Waals surface area contributed by atoms with Crippen molar-refractivity contribution in [3.05, 3.63) is 0 Å². The molecule has 2 aliphatic rings. The smallest absolute Gasteiger partial charge is 0.0631 e. The van der Waals surface area contributed by atoms with Crippen LogP contribution >= 0.6 is 0 Å². The fraction of sp³-hybridized carbons (Fsp3) is 1.00. The van der Waals surface area contributed by atoms with Gasteiger partial charge in [0.05, 0.1) is 36.1 Å².